The number of aryl methyl sites for hydroxylation is 1. The van der Waals surface area contributed by atoms with Crippen molar-refractivity contribution in [3.63, 3.8) is 0 Å². The van der Waals surface area contributed by atoms with E-state index in [1.165, 1.54) is 29.2 Å². The lowest BCUT2D eigenvalue weighted by Crippen LogP contribution is -2.33. The highest BCUT2D eigenvalue weighted by molar-refractivity contribution is 6.46. The molecule has 0 bridgehead atoms. The van der Waals surface area contributed by atoms with Crippen LogP contribution < -0.4 is 0 Å². The van der Waals surface area contributed by atoms with Crippen LogP contribution in [0.3, 0.4) is 0 Å². The summed E-state index contributed by atoms with van der Waals surface area (Å²) in [7, 11) is 0. The first kappa shape index (κ1) is 22.2. The molecule has 1 unspecified atom stereocenters. The number of carbonyl (C=O) groups is 2. The molecule has 0 saturated carbocycles. The second kappa shape index (κ2) is 9.09. The molecule has 1 aliphatic rings. The number of amides is 1. The van der Waals surface area contributed by atoms with Gasteiger partial charge in [0.15, 0.2) is 0 Å². The number of hydrogen-bond acceptors (Lipinski definition) is 6. The van der Waals surface area contributed by atoms with Crippen LogP contribution in [0.2, 0.25) is 0 Å². The molecule has 1 atom stereocenters. The van der Waals surface area contributed by atoms with E-state index in [0.29, 0.717) is 5.56 Å². The number of Topliss-reactive ketones (excluding diaryl/α,β-unsaturated/α-hetero) is 1. The second-order valence-electron chi connectivity index (χ2n) is 7.63. The van der Waals surface area contributed by atoms with Crippen molar-refractivity contribution in [2.75, 3.05) is 13.2 Å². The topological polar surface area (TPSA) is 110 Å². The number of hydrogen-bond donors (Lipinski definition) is 1. The SMILES string of the molecule is Cc1cccc(C2/C(=C(/O)c3ccc([N+](=O)[O-])cc3)C(=O)C(=O)N2CCOC(C)C)c1. The van der Waals surface area contributed by atoms with E-state index in [1.807, 2.05) is 39.0 Å². The maximum absolute atomic E-state index is 12.9. The van der Waals surface area contributed by atoms with E-state index in [1.54, 1.807) is 6.07 Å². The zero-order valence-electron chi connectivity index (χ0n) is 17.6. The number of benzene rings is 2. The molecule has 1 heterocycles. The van der Waals surface area contributed by atoms with E-state index in [2.05, 4.69) is 0 Å². The average molecular weight is 424 g/mol. The van der Waals surface area contributed by atoms with Gasteiger partial charge in [-0.3, -0.25) is 19.7 Å². The predicted octanol–water partition coefficient (Wildman–Crippen LogP) is 3.75. The first-order chi connectivity index (χ1) is 14.7. The maximum atomic E-state index is 12.9. The molecular weight excluding hydrogens is 400 g/mol. The molecule has 0 spiro atoms. The van der Waals surface area contributed by atoms with E-state index in [9.17, 15) is 24.8 Å². The lowest BCUT2D eigenvalue weighted by molar-refractivity contribution is -0.384. The third kappa shape index (κ3) is 4.64. The second-order valence-corrected chi connectivity index (χ2v) is 7.63. The Kier molecular flexibility index (Phi) is 6.50. The van der Waals surface area contributed by atoms with E-state index in [-0.39, 0.29) is 41.8 Å². The number of nitro benzene ring substituents is 1. The van der Waals surface area contributed by atoms with Gasteiger partial charge >= 0.3 is 0 Å². The van der Waals surface area contributed by atoms with Crippen LogP contribution in [0.15, 0.2) is 54.1 Å². The number of aliphatic hydroxyl groups excluding tert-OH is 1. The Morgan fingerprint density at radius 3 is 2.45 bits per heavy atom. The number of nitrogens with zero attached hydrogens (tertiary/aromatic N) is 2. The predicted molar refractivity (Wildman–Crippen MR) is 114 cm³/mol. The van der Waals surface area contributed by atoms with Crippen molar-refractivity contribution in [2.24, 2.45) is 0 Å². The molecule has 2 aromatic rings. The number of carbonyl (C=O) groups excluding carboxylic acids is 2. The lowest BCUT2D eigenvalue weighted by atomic mass is 9.94. The number of ether oxygens (including phenoxy) is 1. The Labute approximate surface area is 179 Å². The monoisotopic (exact) mass is 424 g/mol. The standard InChI is InChI=1S/C23H24N2O6/c1-14(2)31-12-11-24-20(17-6-4-5-15(3)13-17)19(22(27)23(24)28)21(26)16-7-9-18(10-8-16)25(29)30/h4-10,13-14,20,26H,11-12H2,1-3H3/b21-19-. The molecular formula is C23H24N2O6. The van der Waals surface area contributed by atoms with Gasteiger partial charge in [0.2, 0.25) is 0 Å². The van der Waals surface area contributed by atoms with E-state index in [0.717, 1.165) is 5.56 Å². The Morgan fingerprint density at radius 2 is 1.87 bits per heavy atom. The van der Waals surface area contributed by atoms with Crippen molar-refractivity contribution in [2.45, 2.75) is 32.9 Å². The molecule has 162 valence electrons. The van der Waals surface area contributed by atoms with Gasteiger partial charge in [0.05, 0.1) is 29.2 Å². The van der Waals surface area contributed by atoms with Gasteiger partial charge in [0.25, 0.3) is 17.4 Å². The van der Waals surface area contributed by atoms with Gasteiger partial charge in [-0.2, -0.15) is 0 Å². The summed E-state index contributed by atoms with van der Waals surface area (Å²) in [5, 5.41) is 21.9. The van der Waals surface area contributed by atoms with E-state index < -0.39 is 22.7 Å². The van der Waals surface area contributed by atoms with E-state index >= 15 is 0 Å². The summed E-state index contributed by atoms with van der Waals surface area (Å²) in [6.45, 7) is 6.07. The van der Waals surface area contributed by atoms with Crippen molar-refractivity contribution < 1.29 is 24.4 Å². The van der Waals surface area contributed by atoms with Crippen molar-refractivity contribution in [1.82, 2.24) is 4.90 Å². The van der Waals surface area contributed by atoms with Crippen molar-refractivity contribution in [3.8, 4) is 0 Å². The number of ketones is 1. The number of likely N-dealkylation sites (tertiary alicyclic amines) is 1. The molecule has 1 aliphatic heterocycles. The minimum absolute atomic E-state index is 0.0330. The van der Waals surface area contributed by atoms with Gasteiger partial charge in [-0.05, 0) is 38.5 Å². The van der Waals surface area contributed by atoms with Crippen LogP contribution >= 0.6 is 0 Å². The fraction of sp³-hybridized carbons (Fsp3) is 0.304. The summed E-state index contributed by atoms with van der Waals surface area (Å²) in [6, 6.07) is 11.8. The highest BCUT2D eigenvalue weighted by Gasteiger charge is 2.45. The third-order valence-corrected chi connectivity index (χ3v) is 5.03. The molecule has 31 heavy (non-hydrogen) atoms. The Bertz CT molecular complexity index is 1040. The highest BCUT2D eigenvalue weighted by atomic mass is 16.6. The first-order valence-corrected chi connectivity index (χ1v) is 9.92. The zero-order valence-corrected chi connectivity index (χ0v) is 17.6. The molecule has 1 fully saturated rings. The fourth-order valence-corrected chi connectivity index (χ4v) is 3.58. The third-order valence-electron chi connectivity index (χ3n) is 5.03. The highest BCUT2D eigenvalue weighted by Crippen LogP contribution is 2.39. The molecule has 0 aliphatic carbocycles. The van der Waals surface area contributed by atoms with Gasteiger partial charge in [0.1, 0.15) is 5.76 Å². The lowest BCUT2D eigenvalue weighted by Gasteiger charge is -2.26. The Hall–Kier alpha value is -3.52. The number of aliphatic hydroxyl groups is 1. The van der Waals surface area contributed by atoms with Crippen LogP contribution in [0.5, 0.6) is 0 Å². The van der Waals surface area contributed by atoms with Gasteiger partial charge in [0, 0.05) is 24.2 Å². The summed E-state index contributed by atoms with van der Waals surface area (Å²) in [4.78, 5) is 37.5. The molecule has 0 aromatic heterocycles. The normalized spacial score (nSPS) is 18.1. The zero-order chi connectivity index (χ0) is 22.7. The number of non-ortho nitro benzene ring substituents is 1. The van der Waals surface area contributed by atoms with Crippen LogP contribution in [0.1, 0.15) is 36.6 Å². The quantitative estimate of drug-likeness (QED) is 0.238. The van der Waals surface area contributed by atoms with Gasteiger partial charge in [-0.1, -0.05) is 29.8 Å². The summed E-state index contributed by atoms with van der Waals surface area (Å²) >= 11 is 0. The van der Waals surface area contributed by atoms with Crippen LogP contribution in [0, 0.1) is 17.0 Å². The molecule has 2 aromatic carbocycles. The van der Waals surface area contributed by atoms with Crippen LogP contribution in [0.4, 0.5) is 5.69 Å². The van der Waals surface area contributed by atoms with Gasteiger partial charge < -0.3 is 14.7 Å². The molecule has 1 amide bonds. The van der Waals surface area contributed by atoms with Crippen molar-refractivity contribution in [1.29, 1.82) is 0 Å². The van der Waals surface area contributed by atoms with E-state index in [4.69, 9.17) is 4.74 Å². The average Bonchev–Trinajstić information content (AvgIpc) is 2.98. The Balaban J connectivity index is 2.08. The Morgan fingerprint density at radius 1 is 1.19 bits per heavy atom. The summed E-state index contributed by atoms with van der Waals surface area (Å²) in [5.74, 6) is -1.89. The minimum atomic E-state index is -0.799. The van der Waals surface area contributed by atoms with Crippen molar-refractivity contribution in [3.05, 3.63) is 80.9 Å². The summed E-state index contributed by atoms with van der Waals surface area (Å²) in [5.41, 5.74) is 1.66. The van der Waals surface area contributed by atoms with Gasteiger partial charge in [-0.25, -0.2) is 0 Å². The van der Waals surface area contributed by atoms with Crippen LogP contribution in [-0.4, -0.2) is 45.9 Å². The van der Waals surface area contributed by atoms with Crippen LogP contribution in [-0.2, 0) is 14.3 Å². The fourth-order valence-electron chi connectivity index (χ4n) is 3.58. The molecule has 0 radical (unpaired) electrons. The number of nitro groups is 1. The first-order valence-electron chi connectivity index (χ1n) is 9.92. The summed E-state index contributed by atoms with van der Waals surface area (Å²) in [6.07, 6.45) is -0.0330. The number of rotatable bonds is 7. The van der Waals surface area contributed by atoms with Gasteiger partial charge in [-0.15, -0.1) is 0 Å². The largest absolute Gasteiger partial charge is 0.507 e. The maximum Gasteiger partial charge on any atom is 0.295 e. The molecule has 8 nitrogen and oxygen atoms in total. The molecule has 1 N–H and O–H groups in total. The van der Waals surface area contributed by atoms with Crippen LogP contribution in [0.25, 0.3) is 5.76 Å². The van der Waals surface area contributed by atoms with Crippen molar-refractivity contribution >= 4 is 23.1 Å². The molecule has 8 heteroatoms. The smallest absolute Gasteiger partial charge is 0.295 e. The summed E-state index contributed by atoms with van der Waals surface area (Å²) < 4.78 is 5.56. The molecule has 1 saturated heterocycles. The minimum Gasteiger partial charge on any atom is -0.507 e. The molecule has 3 rings (SSSR count).